The molecule has 0 fully saturated rings. The average molecular weight is 384 g/mol. The van der Waals surface area contributed by atoms with E-state index >= 15 is 0 Å². The van der Waals surface area contributed by atoms with Gasteiger partial charge in [0.25, 0.3) is 0 Å². The molecular formula is C20H25N5OS. The number of aromatic nitrogens is 4. The fraction of sp³-hybridized carbons (Fsp3) is 0.350. The highest BCUT2D eigenvalue weighted by molar-refractivity contribution is 7.99. The van der Waals surface area contributed by atoms with Crippen LogP contribution in [0.3, 0.4) is 0 Å². The SMILES string of the molecule is Cc1cc(C)n(CCCNC(=O)CSc2ncc(-c3ccccc3)n2C)n1. The minimum Gasteiger partial charge on any atom is -0.355 e. The van der Waals surface area contributed by atoms with Crippen molar-refractivity contribution in [2.45, 2.75) is 32.0 Å². The van der Waals surface area contributed by atoms with Gasteiger partial charge in [0.15, 0.2) is 5.16 Å². The van der Waals surface area contributed by atoms with Crippen LogP contribution in [-0.4, -0.2) is 37.5 Å². The number of rotatable bonds is 8. The Hall–Kier alpha value is -2.54. The first-order valence-electron chi connectivity index (χ1n) is 9.02. The molecule has 142 valence electrons. The second-order valence-electron chi connectivity index (χ2n) is 6.49. The van der Waals surface area contributed by atoms with E-state index in [2.05, 4.69) is 33.6 Å². The number of hydrogen-bond donors (Lipinski definition) is 1. The van der Waals surface area contributed by atoms with Gasteiger partial charge < -0.3 is 9.88 Å². The van der Waals surface area contributed by atoms with Crippen LogP contribution in [0.25, 0.3) is 11.3 Å². The minimum absolute atomic E-state index is 0.0256. The fourth-order valence-corrected chi connectivity index (χ4v) is 3.72. The molecule has 0 aliphatic rings. The van der Waals surface area contributed by atoms with Crippen LogP contribution >= 0.6 is 11.8 Å². The molecule has 0 atom stereocenters. The summed E-state index contributed by atoms with van der Waals surface area (Å²) in [6.45, 7) is 5.50. The summed E-state index contributed by atoms with van der Waals surface area (Å²) in [6.07, 6.45) is 2.71. The Kier molecular flexibility index (Phi) is 6.34. The van der Waals surface area contributed by atoms with E-state index in [0.717, 1.165) is 40.8 Å². The number of nitrogens with one attached hydrogen (secondary N) is 1. The van der Waals surface area contributed by atoms with E-state index in [1.807, 2.05) is 54.5 Å². The highest BCUT2D eigenvalue weighted by Gasteiger charge is 2.11. The summed E-state index contributed by atoms with van der Waals surface area (Å²) in [5, 5.41) is 8.24. The van der Waals surface area contributed by atoms with Gasteiger partial charge in [-0.05, 0) is 31.9 Å². The third-order valence-electron chi connectivity index (χ3n) is 4.32. The molecule has 3 rings (SSSR count). The molecule has 1 N–H and O–H groups in total. The molecule has 0 saturated carbocycles. The second-order valence-corrected chi connectivity index (χ2v) is 7.44. The van der Waals surface area contributed by atoms with E-state index in [-0.39, 0.29) is 5.91 Å². The zero-order chi connectivity index (χ0) is 19.2. The number of amides is 1. The predicted molar refractivity (Wildman–Crippen MR) is 109 cm³/mol. The summed E-state index contributed by atoms with van der Waals surface area (Å²) in [5.41, 5.74) is 4.34. The number of aryl methyl sites for hydroxylation is 3. The summed E-state index contributed by atoms with van der Waals surface area (Å²) in [6, 6.07) is 12.2. The van der Waals surface area contributed by atoms with E-state index in [1.165, 1.54) is 11.8 Å². The molecule has 0 bridgehead atoms. The number of imidazole rings is 1. The van der Waals surface area contributed by atoms with Crippen molar-refractivity contribution in [3.8, 4) is 11.3 Å². The Bertz CT molecular complexity index is 900. The molecule has 0 radical (unpaired) electrons. The summed E-state index contributed by atoms with van der Waals surface area (Å²) >= 11 is 1.45. The lowest BCUT2D eigenvalue weighted by atomic mass is 10.2. The van der Waals surface area contributed by atoms with Crippen LogP contribution in [-0.2, 0) is 18.4 Å². The Morgan fingerprint density at radius 3 is 2.70 bits per heavy atom. The Morgan fingerprint density at radius 1 is 1.22 bits per heavy atom. The molecule has 27 heavy (non-hydrogen) atoms. The maximum absolute atomic E-state index is 12.1. The molecule has 0 aliphatic heterocycles. The molecule has 1 amide bonds. The average Bonchev–Trinajstić information content (AvgIpc) is 3.19. The second kappa shape index (κ2) is 8.90. The van der Waals surface area contributed by atoms with Crippen molar-refractivity contribution in [3.63, 3.8) is 0 Å². The van der Waals surface area contributed by atoms with Crippen molar-refractivity contribution in [2.75, 3.05) is 12.3 Å². The van der Waals surface area contributed by atoms with E-state index in [9.17, 15) is 4.79 Å². The van der Waals surface area contributed by atoms with Crippen LogP contribution in [0.1, 0.15) is 17.8 Å². The normalized spacial score (nSPS) is 10.9. The molecule has 0 spiro atoms. The number of benzene rings is 1. The van der Waals surface area contributed by atoms with Crippen LogP contribution in [0.15, 0.2) is 47.8 Å². The third kappa shape index (κ3) is 5.01. The van der Waals surface area contributed by atoms with Gasteiger partial charge in [0.1, 0.15) is 0 Å². The van der Waals surface area contributed by atoms with Crippen molar-refractivity contribution in [1.82, 2.24) is 24.6 Å². The van der Waals surface area contributed by atoms with E-state index in [1.54, 1.807) is 0 Å². The number of nitrogens with zero attached hydrogens (tertiary/aromatic N) is 4. The summed E-state index contributed by atoms with van der Waals surface area (Å²) in [7, 11) is 1.98. The van der Waals surface area contributed by atoms with Crippen molar-refractivity contribution >= 4 is 17.7 Å². The molecule has 1 aromatic carbocycles. The number of hydrogen-bond acceptors (Lipinski definition) is 4. The fourth-order valence-electron chi connectivity index (χ4n) is 2.94. The van der Waals surface area contributed by atoms with Gasteiger partial charge in [-0.15, -0.1) is 0 Å². The van der Waals surface area contributed by atoms with Gasteiger partial charge in [0.2, 0.25) is 5.91 Å². The van der Waals surface area contributed by atoms with E-state index in [4.69, 9.17) is 0 Å². The van der Waals surface area contributed by atoms with E-state index < -0.39 is 0 Å². The lowest BCUT2D eigenvalue weighted by molar-refractivity contribution is -0.118. The maximum atomic E-state index is 12.1. The number of carbonyl (C=O) groups is 1. The Balaban J connectivity index is 1.43. The molecule has 6 nitrogen and oxygen atoms in total. The number of thioether (sulfide) groups is 1. The van der Waals surface area contributed by atoms with Gasteiger partial charge in [0.05, 0.1) is 23.3 Å². The minimum atomic E-state index is 0.0256. The van der Waals surface area contributed by atoms with Crippen LogP contribution < -0.4 is 5.32 Å². The van der Waals surface area contributed by atoms with Gasteiger partial charge in [-0.2, -0.15) is 5.10 Å². The van der Waals surface area contributed by atoms with Crippen molar-refractivity contribution < 1.29 is 4.79 Å². The van der Waals surface area contributed by atoms with Crippen LogP contribution in [0.4, 0.5) is 0 Å². The van der Waals surface area contributed by atoms with Gasteiger partial charge in [-0.1, -0.05) is 42.1 Å². The standard InChI is InChI=1S/C20H25N5OS/c1-15-12-16(2)25(23-15)11-7-10-21-19(26)14-27-20-22-13-18(24(20)3)17-8-5-4-6-9-17/h4-6,8-9,12-13H,7,10-11,14H2,1-3H3,(H,21,26). The van der Waals surface area contributed by atoms with Gasteiger partial charge in [-0.3, -0.25) is 9.48 Å². The van der Waals surface area contributed by atoms with Crippen molar-refractivity contribution in [3.05, 3.63) is 54.0 Å². The highest BCUT2D eigenvalue weighted by atomic mass is 32.2. The molecule has 2 aromatic heterocycles. The monoisotopic (exact) mass is 383 g/mol. The first-order valence-corrected chi connectivity index (χ1v) is 10.0. The van der Waals surface area contributed by atoms with Gasteiger partial charge in [-0.25, -0.2) is 4.98 Å². The summed E-state index contributed by atoms with van der Waals surface area (Å²) < 4.78 is 4.01. The van der Waals surface area contributed by atoms with Gasteiger partial charge in [0, 0.05) is 25.8 Å². The van der Waals surface area contributed by atoms with E-state index in [0.29, 0.717) is 12.3 Å². The van der Waals surface area contributed by atoms with Crippen LogP contribution in [0, 0.1) is 13.8 Å². The summed E-state index contributed by atoms with van der Waals surface area (Å²) in [5.74, 6) is 0.386. The number of carbonyl (C=O) groups excluding carboxylic acids is 1. The van der Waals surface area contributed by atoms with Crippen molar-refractivity contribution in [2.24, 2.45) is 7.05 Å². The molecule has 3 aromatic rings. The Labute approximate surface area is 164 Å². The molecule has 0 aliphatic carbocycles. The molecular weight excluding hydrogens is 358 g/mol. The zero-order valence-electron chi connectivity index (χ0n) is 16.0. The smallest absolute Gasteiger partial charge is 0.230 e. The first-order chi connectivity index (χ1) is 13.0. The third-order valence-corrected chi connectivity index (χ3v) is 5.36. The largest absolute Gasteiger partial charge is 0.355 e. The molecule has 0 saturated heterocycles. The van der Waals surface area contributed by atoms with Gasteiger partial charge >= 0.3 is 0 Å². The Morgan fingerprint density at radius 2 is 2.00 bits per heavy atom. The lowest BCUT2D eigenvalue weighted by Crippen LogP contribution is -2.27. The molecule has 7 heteroatoms. The molecule has 0 unspecified atom stereocenters. The predicted octanol–water partition coefficient (Wildman–Crippen LogP) is 3.20. The zero-order valence-corrected chi connectivity index (χ0v) is 16.8. The lowest BCUT2D eigenvalue weighted by Gasteiger charge is -2.07. The van der Waals surface area contributed by atoms with Crippen LogP contribution in [0.5, 0.6) is 0 Å². The quantitative estimate of drug-likeness (QED) is 0.479. The topological polar surface area (TPSA) is 64.7 Å². The summed E-state index contributed by atoms with van der Waals surface area (Å²) in [4.78, 5) is 16.5. The highest BCUT2D eigenvalue weighted by Crippen LogP contribution is 2.24. The first kappa shape index (κ1) is 19.2. The van der Waals surface area contributed by atoms with Crippen molar-refractivity contribution in [1.29, 1.82) is 0 Å². The van der Waals surface area contributed by atoms with Crippen LogP contribution in [0.2, 0.25) is 0 Å². The molecule has 2 heterocycles. The maximum Gasteiger partial charge on any atom is 0.230 e.